The van der Waals surface area contributed by atoms with Gasteiger partial charge in [0.1, 0.15) is 11.5 Å². The van der Waals surface area contributed by atoms with E-state index in [0.29, 0.717) is 17.1 Å². The SMILES string of the molecule is Cc1nccc(C(=O)NCc2c(C)cc(C)[nH]c2=O)n1. The molecule has 0 fully saturated rings. The Morgan fingerprint density at radius 1 is 1.35 bits per heavy atom. The van der Waals surface area contributed by atoms with Gasteiger partial charge < -0.3 is 10.3 Å². The predicted octanol–water partition coefficient (Wildman–Crippen LogP) is 1.02. The lowest BCUT2D eigenvalue weighted by Gasteiger charge is -2.08. The van der Waals surface area contributed by atoms with E-state index >= 15 is 0 Å². The molecule has 2 N–H and O–H groups in total. The van der Waals surface area contributed by atoms with Crippen molar-refractivity contribution in [2.45, 2.75) is 27.3 Å². The molecule has 2 aromatic rings. The highest BCUT2D eigenvalue weighted by Gasteiger charge is 2.10. The summed E-state index contributed by atoms with van der Waals surface area (Å²) in [4.78, 5) is 34.5. The number of hydrogen-bond donors (Lipinski definition) is 2. The Balaban J connectivity index is 2.13. The van der Waals surface area contributed by atoms with Gasteiger partial charge in [0.25, 0.3) is 11.5 Å². The molecular weight excluding hydrogens is 256 g/mol. The van der Waals surface area contributed by atoms with E-state index in [9.17, 15) is 9.59 Å². The maximum absolute atomic E-state index is 11.9. The van der Waals surface area contributed by atoms with E-state index in [1.807, 2.05) is 19.9 Å². The summed E-state index contributed by atoms with van der Waals surface area (Å²) in [5.41, 5.74) is 2.31. The van der Waals surface area contributed by atoms with Gasteiger partial charge in [0.05, 0.1) is 0 Å². The number of rotatable bonds is 3. The molecule has 0 saturated heterocycles. The molecule has 6 heteroatoms. The van der Waals surface area contributed by atoms with E-state index < -0.39 is 0 Å². The Morgan fingerprint density at radius 3 is 2.75 bits per heavy atom. The molecule has 0 atom stereocenters. The Kier molecular flexibility index (Phi) is 3.93. The van der Waals surface area contributed by atoms with E-state index in [1.54, 1.807) is 6.92 Å². The Labute approximate surface area is 116 Å². The zero-order valence-electron chi connectivity index (χ0n) is 11.7. The third-order valence-corrected chi connectivity index (χ3v) is 2.93. The summed E-state index contributed by atoms with van der Waals surface area (Å²) in [5, 5.41) is 2.69. The highest BCUT2D eigenvalue weighted by Crippen LogP contribution is 2.03. The molecule has 0 spiro atoms. The predicted molar refractivity (Wildman–Crippen MR) is 74.5 cm³/mol. The topological polar surface area (TPSA) is 87.7 Å². The van der Waals surface area contributed by atoms with Gasteiger partial charge in [-0.05, 0) is 38.5 Å². The number of H-pyrrole nitrogens is 1. The smallest absolute Gasteiger partial charge is 0.270 e. The Bertz CT molecular complexity index is 707. The third kappa shape index (κ3) is 3.09. The van der Waals surface area contributed by atoms with Gasteiger partial charge in [-0.25, -0.2) is 9.97 Å². The van der Waals surface area contributed by atoms with E-state index in [1.165, 1.54) is 12.3 Å². The summed E-state index contributed by atoms with van der Waals surface area (Å²) < 4.78 is 0. The van der Waals surface area contributed by atoms with Gasteiger partial charge in [0.2, 0.25) is 0 Å². The molecule has 0 aliphatic carbocycles. The first-order valence-corrected chi connectivity index (χ1v) is 6.24. The number of aromatic nitrogens is 3. The van der Waals surface area contributed by atoms with Gasteiger partial charge in [-0.3, -0.25) is 9.59 Å². The van der Waals surface area contributed by atoms with Crippen LogP contribution in [-0.2, 0) is 6.54 Å². The first kappa shape index (κ1) is 13.9. The number of carbonyl (C=O) groups is 1. The number of carbonyl (C=O) groups excluding carboxylic acids is 1. The first-order valence-electron chi connectivity index (χ1n) is 6.24. The van der Waals surface area contributed by atoms with Crippen molar-refractivity contribution in [1.82, 2.24) is 20.3 Å². The molecule has 0 saturated carbocycles. The van der Waals surface area contributed by atoms with Crippen LogP contribution in [0, 0.1) is 20.8 Å². The lowest BCUT2D eigenvalue weighted by atomic mass is 10.1. The highest BCUT2D eigenvalue weighted by molar-refractivity contribution is 5.92. The maximum atomic E-state index is 11.9. The molecular formula is C14H16N4O2. The van der Waals surface area contributed by atoms with Crippen LogP contribution in [-0.4, -0.2) is 20.9 Å². The summed E-state index contributed by atoms with van der Waals surface area (Å²) >= 11 is 0. The molecule has 2 rings (SSSR count). The van der Waals surface area contributed by atoms with Gasteiger partial charge in [0.15, 0.2) is 0 Å². The van der Waals surface area contributed by atoms with Crippen LogP contribution in [0.1, 0.15) is 33.1 Å². The zero-order chi connectivity index (χ0) is 14.7. The summed E-state index contributed by atoms with van der Waals surface area (Å²) in [6.45, 7) is 5.55. The maximum Gasteiger partial charge on any atom is 0.270 e. The van der Waals surface area contributed by atoms with Gasteiger partial charge in [-0.1, -0.05) is 0 Å². The van der Waals surface area contributed by atoms with Crippen molar-refractivity contribution in [3.05, 3.63) is 57.0 Å². The van der Waals surface area contributed by atoms with Gasteiger partial charge in [-0.15, -0.1) is 0 Å². The Hall–Kier alpha value is -2.50. The fourth-order valence-electron chi connectivity index (χ4n) is 1.94. The van der Waals surface area contributed by atoms with Crippen LogP contribution >= 0.6 is 0 Å². The molecule has 0 aliphatic heterocycles. The molecule has 6 nitrogen and oxygen atoms in total. The molecule has 0 aliphatic rings. The molecule has 0 unspecified atom stereocenters. The van der Waals surface area contributed by atoms with E-state index in [2.05, 4.69) is 20.3 Å². The largest absolute Gasteiger partial charge is 0.346 e. The van der Waals surface area contributed by atoms with Crippen LogP contribution in [0.5, 0.6) is 0 Å². The number of aryl methyl sites for hydroxylation is 3. The molecule has 1 amide bonds. The van der Waals surface area contributed by atoms with Crippen molar-refractivity contribution in [1.29, 1.82) is 0 Å². The first-order chi connectivity index (χ1) is 9.47. The number of hydrogen-bond acceptors (Lipinski definition) is 4. The molecule has 2 heterocycles. The van der Waals surface area contributed by atoms with Crippen LogP contribution in [0.3, 0.4) is 0 Å². The number of nitrogens with zero attached hydrogens (tertiary/aromatic N) is 2. The van der Waals surface area contributed by atoms with Crippen molar-refractivity contribution >= 4 is 5.91 Å². The summed E-state index contributed by atoms with van der Waals surface area (Å²) in [6, 6.07) is 3.41. The fourth-order valence-corrected chi connectivity index (χ4v) is 1.94. The lowest BCUT2D eigenvalue weighted by Crippen LogP contribution is -2.28. The van der Waals surface area contributed by atoms with Crippen molar-refractivity contribution in [2.24, 2.45) is 0 Å². The minimum atomic E-state index is -0.324. The van der Waals surface area contributed by atoms with Crippen LogP contribution in [0.25, 0.3) is 0 Å². The minimum Gasteiger partial charge on any atom is -0.346 e. The number of pyridine rings is 1. The van der Waals surface area contributed by atoms with Gasteiger partial charge >= 0.3 is 0 Å². The second kappa shape index (κ2) is 5.64. The average molecular weight is 272 g/mol. The monoisotopic (exact) mass is 272 g/mol. The van der Waals surface area contributed by atoms with Gasteiger partial charge in [0, 0.05) is 24.0 Å². The van der Waals surface area contributed by atoms with Crippen molar-refractivity contribution < 1.29 is 4.79 Å². The highest BCUT2D eigenvalue weighted by atomic mass is 16.2. The van der Waals surface area contributed by atoms with Crippen LogP contribution in [0.15, 0.2) is 23.1 Å². The van der Waals surface area contributed by atoms with Gasteiger partial charge in [-0.2, -0.15) is 0 Å². The standard InChI is InChI=1S/C14H16N4O2/c1-8-6-9(2)17-13(19)11(8)7-16-14(20)12-4-5-15-10(3)18-12/h4-6H,7H2,1-3H3,(H,16,20)(H,17,19). The number of amides is 1. The average Bonchev–Trinajstić information content (AvgIpc) is 2.37. The second-order valence-electron chi connectivity index (χ2n) is 4.61. The van der Waals surface area contributed by atoms with Crippen molar-refractivity contribution in [3.8, 4) is 0 Å². The summed E-state index contributed by atoms with van der Waals surface area (Å²) in [7, 11) is 0. The van der Waals surface area contributed by atoms with E-state index in [4.69, 9.17) is 0 Å². The van der Waals surface area contributed by atoms with Crippen LogP contribution < -0.4 is 10.9 Å². The van der Waals surface area contributed by atoms with Crippen LogP contribution in [0.4, 0.5) is 0 Å². The quantitative estimate of drug-likeness (QED) is 0.873. The second-order valence-corrected chi connectivity index (χ2v) is 4.61. The lowest BCUT2D eigenvalue weighted by molar-refractivity contribution is 0.0945. The molecule has 0 aromatic carbocycles. The third-order valence-electron chi connectivity index (χ3n) is 2.93. The fraction of sp³-hybridized carbons (Fsp3) is 0.286. The van der Waals surface area contributed by atoms with E-state index in [0.717, 1.165) is 11.3 Å². The zero-order valence-corrected chi connectivity index (χ0v) is 11.7. The molecule has 2 aromatic heterocycles. The van der Waals surface area contributed by atoms with Crippen molar-refractivity contribution in [3.63, 3.8) is 0 Å². The normalized spacial score (nSPS) is 10.3. The van der Waals surface area contributed by atoms with Crippen LogP contribution in [0.2, 0.25) is 0 Å². The Morgan fingerprint density at radius 2 is 2.10 bits per heavy atom. The molecule has 104 valence electrons. The molecule has 0 radical (unpaired) electrons. The minimum absolute atomic E-state index is 0.170. The summed E-state index contributed by atoms with van der Waals surface area (Å²) in [6.07, 6.45) is 1.53. The molecule has 0 bridgehead atoms. The summed E-state index contributed by atoms with van der Waals surface area (Å²) in [5.74, 6) is 0.205. The molecule has 20 heavy (non-hydrogen) atoms. The van der Waals surface area contributed by atoms with E-state index in [-0.39, 0.29) is 18.0 Å². The van der Waals surface area contributed by atoms with Crippen molar-refractivity contribution in [2.75, 3.05) is 0 Å². The number of aromatic amines is 1. The number of nitrogens with one attached hydrogen (secondary N) is 2.